The smallest absolute Gasteiger partial charge is 0.298 e. The number of nitrogens with zero attached hydrogens (tertiary/aromatic N) is 1. The Morgan fingerprint density at radius 3 is 2.39 bits per heavy atom. The van der Waals surface area contributed by atoms with Gasteiger partial charge in [0, 0.05) is 10.6 Å². The van der Waals surface area contributed by atoms with E-state index in [4.69, 9.17) is 16.3 Å². The van der Waals surface area contributed by atoms with Crippen molar-refractivity contribution in [2.45, 2.75) is 32.8 Å². The largest absolute Gasteiger partial charge is 0.489 e. The third kappa shape index (κ3) is 5.67. The van der Waals surface area contributed by atoms with Crippen molar-refractivity contribution in [3.8, 4) is 5.75 Å². The van der Waals surface area contributed by atoms with E-state index in [9.17, 15) is 9.59 Å². The van der Waals surface area contributed by atoms with Crippen molar-refractivity contribution in [2.24, 2.45) is 0 Å². The monoisotopic (exact) mass is 477 g/mol. The van der Waals surface area contributed by atoms with E-state index >= 15 is 0 Å². The summed E-state index contributed by atoms with van der Waals surface area (Å²) in [4.78, 5) is 27.1. The van der Waals surface area contributed by atoms with Crippen LogP contribution < -0.4 is 9.64 Å². The van der Waals surface area contributed by atoms with Crippen molar-refractivity contribution in [3.63, 3.8) is 0 Å². The molecule has 33 heavy (non-hydrogen) atoms. The zero-order valence-corrected chi connectivity index (χ0v) is 19.9. The topological polar surface area (TPSA) is 46.6 Å². The van der Waals surface area contributed by atoms with E-state index in [0.29, 0.717) is 28.0 Å². The summed E-state index contributed by atoms with van der Waals surface area (Å²) < 4.78 is 5.81. The Kier molecular flexibility index (Phi) is 7.53. The number of imide groups is 1. The molecule has 4 rings (SSSR count). The van der Waals surface area contributed by atoms with Crippen LogP contribution in [-0.2, 0) is 17.8 Å². The van der Waals surface area contributed by atoms with Gasteiger partial charge in [0.15, 0.2) is 0 Å². The summed E-state index contributed by atoms with van der Waals surface area (Å²) in [5.74, 6) is 0.397. The van der Waals surface area contributed by atoms with Crippen LogP contribution in [0.25, 0.3) is 6.08 Å². The van der Waals surface area contributed by atoms with Crippen LogP contribution in [0.15, 0.2) is 77.7 Å². The Balaban J connectivity index is 1.42. The molecule has 0 spiro atoms. The van der Waals surface area contributed by atoms with Gasteiger partial charge >= 0.3 is 0 Å². The molecular formula is C27H24ClNO3S. The molecule has 1 heterocycles. The number of unbranched alkanes of at least 4 members (excludes halogenated alkanes) is 1. The van der Waals surface area contributed by atoms with Gasteiger partial charge in [-0.15, -0.1) is 0 Å². The van der Waals surface area contributed by atoms with E-state index in [1.165, 1.54) is 10.5 Å². The number of hydrogen-bond donors (Lipinski definition) is 0. The van der Waals surface area contributed by atoms with Gasteiger partial charge in [0.2, 0.25) is 0 Å². The van der Waals surface area contributed by atoms with E-state index in [-0.39, 0.29) is 11.1 Å². The van der Waals surface area contributed by atoms with Gasteiger partial charge in [-0.1, -0.05) is 67.4 Å². The minimum atomic E-state index is -0.301. The number of hydrogen-bond acceptors (Lipinski definition) is 4. The average molecular weight is 478 g/mol. The number of rotatable bonds is 8. The third-order valence-corrected chi connectivity index (χ3v) is 6.58. The Morgan fingerprint density at radius 1 is 0.970 bits per heavy atom. The first-order chi connectivity index (χ1) is 16.0. The SMILES string of the molecule is CCCCc1ccc(N2C(=O)S/C(=C\c3ccc(OCc4ccccc4Cl)cc3)C2=O)cc1. The van der Waals surface area contributed by atoms with E-state index in [0.717, 1.165) is 42.2 Å². The van der Waals surface area contributed by atoms with Crippen LogP contribution in [0.4, 0.5) is 10.5 Å². The Morgan fingerprint density at radius 2 is 1.70 bits per heavy atom. The van der Waals surface area contributed by atoms with Crippen molar-refractivity contribution in [1.29, 1.82) is 0 Å². The van der Waals surface area contributed by atoms with Crippen LogP contribution in [0.3, 0.4) is 0 Å². The molecule has 0 N–H and O–H groups in total. The molecule has 1 aliphatic rings. The molecule has 0 radical (unpaired) electrons. The number of amides is 2. The number of carbonyl (C=O) groups is 2. The first kappa shape index (κ1) is 23.1. The molecule has 1 fully saturated rings. The molecule has 1 aliphatic heterocycles. The molecule has 0 unspecified atom stereocenters. The summed E-state index contributed by atoms with van der Waals surface area (Å²) in [5.41, 5.74) is 3.54. The second-order valence-corrected chi connectivity index (χ2v) is 9.14. The Labute approximate surface area is 203 Å². The molecule has 2 amide bonds. The normalized spacial score (nSPS) is 14.8. The van der Waals surface area contributed by atoms with Crippen molar-refractivity contribution < 1.29 is 14.3 Å². The van der Waals surface area contributed by atoms with Gasteiger partial charge in [-0.05, 0) is 72.1 Å². The zero-order valence-electron chi connectivity index (χ0n) is 18.3. The minimum Gasteiger partial charge on any atom is -0.489 e. The fourth-order valence-electron chi connectivity index (χ4n) is 3.47. The summed E-state index contributed by atoms with van der Waals surface area (Å²) in [7, 11) is 0. The molecule has 0 aromatic heterocycles. The lowest BCUT2D eigenvalue weighted by Gasteiger charge is -2.13. The predicted octanol–water partition coefficient (Wildman–Crippen LogP) is 7.50. The highest BCUT2D eigenvalue weighted by Gasteiger charge is 2.36. The fourth-order valence-corrected chi connectivity index (χ4v) is 4.50. The number of benzene rings is 3. The number of halogens is 1. The predicted molar refractivity (Wildman–Crippen MR) is 136 cm³/mol. The van der Waals surface area contributed by atoms with Gasteiger partial charge in [0.05, 0.1) is 10.6 Å². The van der Waals surface area contributed by atoms with Crippen LogP contribution >= 0.6 is 23.4 Å². The van der Waals surface area contributed by atoms with Crippen LogP contribution in [0, 0.1) is 0 Å². The molecule has 6 heteroatoms. The molecule has 4 nitrogen and oxygen atoms in total. The van der Waals surface area contributed by atoms with Crippen molar-refractivity contribution in [1.82, 2.24) is 0 Å². The first-order valence-electron chi connectivity index (χ1n) is 10.9. The van der Waals surface area contributed by atoms with Gasteiger partial charge in [0.1, 0.15) is 12.4 Å². The van der Waals surface area contributed by atoms with E-state index < -0.39 is 0 Å². The highest BCUT2D eigenvalue weighted by Crippen LogP contribution is 2.36. The summed E-state index contributed by atoms with van der Waals surface area (Å²) >= 11 is 7.12. The van der Waals surface area contributed by atoms with Gasteiger partial charge in [-0.25, -0.2) is 4.90 Å². The average Bonchev–Trinajstić information content (AvgIpc) is 3.11. The molecule has 168 valence electrons. The second-order valence-electron chi connectivity index (χ2n) is 7.74. The summed E-state index contributed by atoms with van der Waals surface area (Å²) in [6.45, 7) is 2.53. The number of aryl methyl sites for hydroxylation is 1. The number of anilines is 1. The number of ether oxygens (including phenoxy) is 1. The van der Waals surface area contributed by atoms with Crippen molar-refractivity contribution in [2.75, 3.05) is 4.90 Å². The molecule has 0 bridgehead atoms. The number of carbonyl (C=O) groups excluding carboxylic acids is 2. The molecule has 0 saturated carbocycles. The van der Waals surface area contributed by atoms with E-state index in [1.807, 2.05) is 72.8 Å². The lowest BCUT2D eigenvalue weighted by atomic mass is 10.1. The van der Waals surface area contributed by atoms with Gasteiger partial charge < -0.3 is 4.74 Å². The van der Waals surface area contributed by atoms with Crippen LogP contribution in [0.5, 0.6) is 5.75 Å². The van der Waals surface area contributed by atoms with Crippen molar-refractivity contribution in [3.05, 3.63) is 99.4 Å². The lowest BCUT2D eigenvalue weighted by Crippen LogP contribution is -2.27. The van der Waals surface area contributed by atoms with E-state index in [2.05, 4.69) is 6.92 Å². The lowest BCUT2D eigenvalue weighted by molar-refractivity contribution is -0.113. The Bertz CT molecular complexity index is 1170. The fraction of sp³-hybridized carbons (Fsp3) is 0.185. The highest BCUT2D eigenvalue weighted by atomic mass is 35.5. The zero-order chi connectivity index (χ0) is 23.2. The maximum atomic E-state index is 12.9. The molecule has 1 saturated heterocycles. The van der Waals surface area contributed by atoms with Gasteiger partial charge in [-0.2, -0.15) is 0 Å². The Hall–Kier alpha value is -3.02. The maximum Gasteiger partial charge on any atom is 0.298 e. The molecular weight excluding hydrogens is 454 g/mol. The van der Waals surface area contributed by atoms with Crippen LogP contribution in [0.2, 0.25) is 5.02 Å². The van der Waals surface area contributed by atoms with Crippen molar-refractivity contribution >= 4 is 46.3 Å². The third-order valence-electron chi connectivity index (χ3n) is 5.34. The molecule has 3 aromatic rings. The van der Waals surface area contributed by atoms with Crippen LogP contribution in [-0.4, -0.2) is 11.1 Å². The van der Waals surface area contributed by atoms with Crippen LogP contribution in [0.1, 0.15) is 36.5 Å². The quantitative estimate of drug-likeness (QED) is 0.315. The van der Waals surface area contributed by atoms with Gasteiger partial charge in [-0.3, -0.25) is 9.59 Å². The molecule has 0 atom stereocenters. The van der Waals surface area contributed by atoms with Gasteiger partial charge in [0.25, 0.3) is 11.1 Å². The second kappa shape index (κ2) is 10.7. The summed E-state index contributed by atoms with van der Waals surface area (Å²) in [6, 6.07) is 22.6. The number of thioether (sulfide) groups is 1. The molecule has 3 aromatic carbocycles. The summed E-state index contributed by atoms with van der Waals surface area (Å²) in [6.07, 6.45) is 4.98. The molecule has 0 aliphatic carbocycles. The minimum absolute atomic E-state index is 0.285. The maximum absolute atomic E-state index is 12.9. The standard InChI is InChI=1S/C27H24ClNO3S/c1-2-3-6-19-9-13-22(14-10-19)29-26(30)25(33-27(29)31)17-20-11-15-23(16-12-20)32-18-21-7-4-5-8-24(21)28/h4-5,7-17H,2-3,6,18H2,1H3/b25-17-. The first-order valence-corrected chi connectivity index (χ1v) is 12.1. The summed E-state index contributed by atoms with van der Waals surface area (Å²) in [5, 5.41) is 0.382. The van der Waals surface area contributed by atoms with E-state index in [1.54, 1.807) is 6.08 Å². The highest BCUT2D eigenvalue weighted by molar-refractivity contribution is 8.19.